The summed E-state index contributed by atoms with van der Waals surface area (Å²) in [4.78, 5) is 10.6. The lowest BCUT2D eigenvalue weighted by Crippen LogP contribution is -2.37. The molecular weight excluding hydrogens is 248 g/mol. The lowest BCUT2D eigenvalue weighted by atomic mass is 10.1. The van der Waals surface area contributed by atoms with Crippen molar-refractivity contribution in [2.45, 2.75) is 45.6 Å². The number of anilines is 2. The molecular formula is C13H21ClN4. The van der Waals surface area contributed by atoms with Crippen molar-refractivity contribution in [1.29, 1.82) is 0 Å². The number of nitrogen functional groups attached to an aromatic ring is 1. The van der Waals surface area contributed by atoms with Crippen LogP contribution in [0.4, 0.5) is 11.5 Å². The molecule has 100 valence electrons. The molecule has 2 N–H and O–H groups in total. The van der Waals surface area contributed by atoms with E-state index >= 15 is 0 Å². The molecule has 0 aromatic carbocycles. The highest BCUT2D eigenvalue weighted by Crippen LogP contribution is 2.33. The van der Waals surface area contributed by atoms with Crippen LogP contribution in [0.3, 0.4) is 0 Å². The molecule has 4 nitrogen and oxygen atoms in total. The molecule has 0 bridgehead atoms. The predicted octanol–water partition coefficient (Wildman–Crippen LogP) is 3.12. The van der Waals surface area contributed by atoms with Gasteiger partial charge in [0.05, 0.1) is 0 Å². The van der Waals surface area contributed by atoms with E-state index in [1.807, 2.05) is 0 Å². The van der Waals surface area contributed by atoms with Crippen LogP contribution in [0, 0.1) is 5.92 Å². The van der Waals surface area contributed by atoms with E-state index in [0.29, 0.717) is 22.8 Å². The third kappa shape index (κ3) is 2.86. The van der Waals surface area contributed by atoms with Crippen molar-refractivity contribution in [2.75, 3.05) is 17.2 Å². The van der Waals surface area contributed by atoms with Gasteiger partial charge in [-0.1, -0.05) is 38.3 Å². The normalized spacial score (nSPS) is 16.4. The fourth-order valence-corrected chi connectivity index (χ4v) is 2.74. The van der Waals surface area contributed by atoms with Gasteiger partial charge in [0.25, 0.3) is 0 Å². The van der Waals surface area contributed by atoms with E-state index in [-0.39, 0.29) is 0 Å². The quantitative estimate of drug-likeness (QED) is 0.853. The Bertz CT molecular complexity index is 402. The standard InChI is InChI=1S/C13H21ClN4/c1-9(2)7-18(10-5-3-4-6-10)13-11(15)12(14)16-8-17-13/h8-10H,3-7,15H2,1-2H3. The summed E-state index contributed by atoms with van der Waals surface area (Å²) in [7, 11) is 0. The zero-order chi connectivity index (χ0) is 13.1. The van der Waals surface area contributed by atoms with Crippen LogP contribution >= 0.6 is 11.6 Å². The summed E-state index contributed by atoms with van der Waals surface area (Å²) in [6, 6.07) is 0.542. The van der Waals surface area contributed by atoms with Crippen LogP contribution < -0.4 is 10.6 Å². The highest BCUT2D eigenvalue weighted by molar-refractivity contribution is 6.32. The molecule has 1 fully saturated rings. The molecule has 5 heteroatoms. The second-order valence-corrected chi connectivity index (χ2v) is 5.74. The number of nitrogens with two attached hydrogens (primary N) is 1. The van der Waals surface area contributed by atoms with Crippen LogP contribution in [0.25, 0.3) is 0 Å². The zero-order valence-corrected chi connectivity index (χ0v) is 11.8. The van der Waals surface area contributed by atoms with Gasteiger partial charge in [-0.05, 0) is 18.8 Å². The lowest BCUT2D eigenvalue weighted by molar-refractivity contribution is 0.531. The SMILES string of the molecule is CC(C)CN(c1ncnc(Cl)c1N)C1CCCC1. The average Bonchev–Trinajstić information content (AvgIpc) is 2.83. The van der Waals surface area contributed by atoms with E-state index in [0.717, 1.165) is 12.4 Å². The number of aromatic nitrogens is 2. The summed E-state index contributed by atoms with van der Waals surface area (Å²) in [5.41, 5.74) is 6.53. The maximum atomic E-state index is 6.03. The van der Waals surface area contributed by atoms with Crippen molar-refractivity contribution in [3.05, 3.63) is 11.5 Å². The Morgan fingerprint density at radius 3 is 2.67 bits per heavy atom. The molecule has 18 heavy (non-hydrogen) atoms. The van der Waals surface area contributed by atoms with Gasteiger partial charge in [0.2, 0.25) is 0 Å². The van der Waals surface area contributed by atoms with Crippen LogP contribution in [0.15, 0.2) is 6.33 Å². The van der Waals surface area contributed by atoms with Crippen LogP contribution in [0.1, 0.15) is 39.5 Å². The van der Waals surface area contributed by atoms with Crippen LogP contribution in [0.2, 0.25) is 5.15 Å². The Morgan fingerprint density at radius 1 is 1.39 bits per heavy atom. The Kier molecular flexibility index (Phi) is 4.27. The first kappa shape index (κ1) is 13.4. The first-order valence-electron chi connectivity index (χ1n) is 6.62. The summed E-state index contributed by atoms with van der Waals surface area (Å²) < 4.78 is 0. The minimum atomic E-state index is 0.353. The van der Waals surface area contributed by atoms with Crippen molar-refractivity contribution in [2.24, 2.45) is 5.92 Å². The van der Waals surface area contributed by atoms with Gasteiger partial charge in [0.1, 0.15) is 12.0 Å². The van der Waals surface area contributed by atoms with Gasteiger partial charge < -0.3 is 10.6 Å². The van der Waals surface area contributed by atoms with Crippen LogP contribution in [-0.2, 0) is 0 Å². The molecule has 1 aromatic rings. The molecule has 0 atom stereocenters. The van der Waals surface area contributed by atoms with E-state index in [1.54, 1.807) is 0 Å². The van der Waals surface area contributed by atoms with Gasteiger partial charge in [0, 0.05) is 12.6 Å². The van der Waals surface area contributed by atoms with Gasteiger partial charge in [-0.2, -0.15) is 0 Å². The monoisotopic (exact) mass is 268 g/mol. The number of hydrogen-bond donors (Lipinski definition) is 1. The van der Waals surface area contributed by atoms with Gasteiger partial charge in [-0.3, -0.25) is 0 Å². The van der Waals surface area contributed by atoms with Crippen LogP contribution in [-0.4, -0.2) is 22.6 Å². The van der Waals surface area contributed by atoms with E-state index in [1.165, 1.54) is 32.0 Å². The Balaban J connectivity index is 2.29. The summed E-state index contributed by atoms with van der Waals surface area (Å²) >= 11 is 6.00. The highest BCUT2D eigenvalue weighted by Gasteiger charge is 2.26. The smallest absolute Gasteiger partial charge is 0.157 e. The topological polar surface area (TPSA) is 55.0 Å². The van der Waals surface area contributed by atoms with E-state index in [4.69, 9.17) is 17.3 Å². The van der Waals surface area contributed by atoms with Gasteiger partial charge in [-0.15, -0.1) is 0 Å². The maximum absolute atomic E-state index is 6.03. The Morgan fingerprint density at radius 2 is 2.06 bits per heavy atom. The van der Waals surface area contributed by atoms with Crippen molar-refractivity contribution in [3.8, 4) is 0 Å². The van der Waals surface area contributed by atoms with Gasteiger partial charge in [0.15, 0.2) is 11.0 Å². The first-order valence-corrected chi connectivity index (χ1v) is 7.00. The molecule has 0 radical (unpaired) electrons. The summed E-state index contributed by atoms with van der Waals surface area (Å²) in [5.74, 6) is 1.37. The largest absolute Gasteiger partial charge is 0.393 e. The van der Waals surface area contributed by atoms with Gasteiger partial charge >= 0.3 is 0 Å². The fourth-order valence-electron chi connectivity index (χ4n) is 2.61. The van der Waals surface area contributed by atoms with E-state index < -0.39 is 0 Å². The Labute approximate surface area is 114 Å². The van der Waals surface area contributed by atoms with Crippen molar-refractivity contribution < 1.29 is 0 Å². The second kappa shape index (κ2) is 5.74. The molecule has 1 heterocycles. The highest BCUT2D eigenvalue weighted by atomic mass is 35.5. The fraction of sp³-hybridized carbons (Fsp3) is 0.692. The zero-order valence-electron chi connectivity index (χ0n) is 11.1. The van der Waals surface area contributed by atoms with Crippen molar-refractivity contribution in [1.82, 2.24) is 9.97 Å². The average molecular weight is 269 g/mol. The minimum Gasteiger partial charge on any atom is -0.393 e. The van der Waals surface area contributed by atoms with Crippen molar-refractivity contribution >= 4 is 23.1 Å². The van der Waals surface area contributed by atoms with Crippen molar-refractivity contribution in [3.63, 3.8) is 0 Å². The number of nitrogens with zero attached hydrogens (tertiary/aromatic N) is 3. The molecule has 1 saturated carbocycles. The van der Waals surface area contributed by atoms with Crippen LogP contribution in [0.5, 0.6) is 0 Å². The molecule has 0 saturated heterocycles. The molecule has 0 aliphatic heterocycles. The summed E-state index contributed by atoms with van der Waals surface area (Å²) in [5, 5.41) is 0.353. The third-order valence-corrected chi connectivity index (χ3v) is 3.71. The summed E-state index contributed by atoms with van der Waals surface area (Å²) in [6.07, 6.45) is 6.51. The molecule has 0 spiro atoms. The molecule has 1 aliphatic rings. The minimum absolute atomic E-state index is 0.353. The number of rotatable bonds is 4. The van der Waals surface area contributed by atoms with Gasteiger partial charge in [-0.25, -0.2) is 9.97 Å². The summed E-state index contributed by atoms with van der Waals surface area (Å²) in [6.45, 7) is 5.38. The lowest BCUT2D eigenvalue weighted by Gasteiger charge is -2.32. The number of halogens is 1. The number of hydrogen-bond acceptors (Lipinski definition) is 4. The molecule has 2 rings (SSSR count). The van der Waals surface area contributed by atoms with E-state index in [9.17, 15) is 0 Å². The molecule has 0 unspecified atom stereocenters. The maximum Gasteiger partial charge on any atom is 0.157 e. The predicted molar refractivity (Wildman–Crippen MR) is 75.9 cm³/mol. The Hall–Kier alpha value is -1.03. The molecule has 1 aromatic heterocycles. The first-order chi connectivity index (χ1) is 8.59. The second-order valence-electron chi connectivity index (χ2n) is 5.39. The molecule has 0 amide bonds. The molecule has 1 aliphatic carbocycles. The van der Waals surface area contributed by atoms with E-state index in [2.05, 4.69) is 28.7 Å². The third-order valence-electron chi connectivity index (χ3n) is 3.41.